The molecule has 0 spiro atoms. The minimum Gasteiger partial charge on any atom is -0.491 e. The molecular formula is C18H20BrFN2O2. The average molecular weight is 395 g/mol. The Balaban J connectivity index is 2.04. The molecule has 2 aromatic carbocycles. The summed E-state index contributed by atoms with van der Waals surface area (Å²) in [6.45, 7) is 4.01. The van der Waals surface area contributed by atoms with E-state index in [0.717, 1.165) is 4.47 Å². The molecule has 0 fully saturated rings. The predicted molar refractivity (Wildman–Crippen MR) is 95.1 cm³/mol. The minimum atomic E-state index is -1.18. The van der Waals surface area contributed by atoms with Gasteiger partial charge >= 0.3 is 0 Å². The Morgan fingerprint density at radius 1 is 1.29 bits per heavy atom. The van der Waals surface area contributed by atoms with Gasteiger partial charge in [-0.2, -0.15) is 0 Å². The molecule has 4 nitrogen and oxygen atoms in total. The van der Waals surface area contributed by atoms with Crippen molar-refractivity contribution in [2.24, 2.45) is 5.73 Å². The van der Waals surface area contributed by atoms with Gasteiger partial charge in [-0.3, -0.25) is 4.79 Å². The third-order valence-electron chi connectivity index (χ3n) is 3.66. The molecule has 24 heavy (non-hydrogen) atoms. The fraction of sp³-hybridized carbons (Fsp3) is 0.278. The Kier molecular flexibility index (Phi) is 5.96. The number of benzene rings is 2. The number of hydrogen-bond donors (Lipinski definition) is 2. The fourth-order valence-corrected chi connectivity index (χ4v) is 2.48. The lowest BCUT2D eigenvalue weighted by molar-refractivity contribution is -0.126. The number of carbonyl (C=O) groups is 1. The van der Waals surface area contributed by atoms with Gasteiger partial charge in [0.2, 0.25) is 5.91 Å². The topological polar surface area (TPSA) is 64.3 Å². The number of ether oxygens (including phenoxy) is 1. The monoisotopic (exact) mass is 394 g/mol. The molecule has 6 heteroatoms. The van der Waals surface area contributed by atoms with E-state index in [0.29, 0.717) is 17.7 Å². The molecule has 0 radical (unpaired) electrons. The van der Waals surface area contributed by atoms with Crippen LogP contribution < -0.4 is 15.8 Å². The molecule has 0 heterocycles. The normalized spacial score (nSPS) is 13.2. The minimum absolute atomic E-state index is 0.186. The summed E-state index contributed by atoms with van der Waals surface area (Å²) in [5, 5.41) is 2.75. The van der Waals surface area contributed by atoms with Gasteiger partial charge in [0.1, 0.15) is 5.54 Å². The van der Waals surface area contributed by atoms with Crippen LogP contribution in [0.1, 0.15) is 25.0 Å². The number of carbonyl (C=O) groups excluding carboxylic acids is 1. The van der Waals surface area contributed by atoms with Crippen LogP contribution in [-0.4, -0.2) is 12.5 Å². The third-order valence-corrected chi connectivity index (χ3v) is 4.19. The van der Waals surface area contributed by atoms with Gasteiger partial charge in [-0.1, -0.05) is 34.1 Å². The number of halogens is 2. The van der Waals surface area contributed by atoms with E-state index in [-0.39, 0.29) is 18.2 Å². The molecule has 3 N–H and O–H groups in total. The predicted octanol–water partition coefficient (Wildman–Crippen LogP) is 3.48. The Labute approximate surface area is 149 Å². The highest BCUT2D eigenvalue weighted by Gasteiger charge is 2.30. The van der Waals surface area contributed by atoms with Crippen LogP contribution in [-0.2, 0) is 16.9 Å². The number of nitrogens with two attached hydrogens (primary N) is 1. The average Bonchev–Trinajstić information content (AvgIpc) is 2.55. The molecule has 0 aromatic heterocycles. The van der Waals surface area contributed by atoms with E-state index in [4.69, 9.17) is 10.5 Å². The highest BCUT2D eigenvalue weighted by molar-refractivity contribution is 9.10. The summed E-state index contributed by atoms with van der Waals surface area (Å²) in [6.07, 6.45) is 0. The maximum absolute atomic E-state index is 13.8. The number of hydrogen-bond acceptors (Lipinski definition) is 3. The van der Waals surface area contributed by atoms with Crippen molar-refractivity contribution in [1.82, 2.24) is 5.32 Å². The molecule has 128 valence electrons. The zero-order valence-electron chi connectivity index (χ0n) is 13.6. The van der Waals surface area contributed by atoms with Crippen LogP contribution >= 0.6 is 15.9 Å². The largest absolute Gasteiger partial charge is 0.491 e. The lowest BCUT2D eigenvalue weighted by Crippen LogP contribution is -2.48. The van der Waals surface area contributed by atoms with Crippen molar-refractivity contribution in [3.05, 3.63) is 63.9 Å². The van der Waals surface area contributed by atoms with Gasteiger partial charge in [0, 0.05) is 11.0 Å². The lowest BCUT2D eigenvalue weighted by atomic mass is 9.92. The molecular weight excluding hydrogens is 375 g/mol. The zero-order chi connectivity index (χ0) is 17.7. The maximum Gasteiger partial charge on any atom is 0.244 e. The maximum atomic E-state index is 13.8. The highest BCUT2D eigenvalue weighted by atomic mass is 79.9. The number of amides is 1. The van der Waals surface area contributed by atoms with E-state index in [1.54, 1.807) is 38.1 Å². The van der Waals surface area contributed by atoms with Crippen LogP contribution in [0.4, 0.5) is 4.39 Å². The van der Waals surface area contributed by atoms with Crippen LogP contribution in [0.5, 0.6) is 5.75 Å². The summed E-state index contributed by atoms with van der Waals surface area (Å²) >= 11 is 3.35. The van der Waals surface area contributed by atoms with Gasteiger partial charge in [-0.15, -0.1) is 0 Å². The molecule has 0 saturated carbocycles. The molecule has 1 amide bonds. The molecule has 2 rings (SSSR count). The molecule has 1 atom stereocenters. The van der Waals surface area contributed by atoms with E-state index < -0.39 is 11.4 Å². The fourth-order valence-electron chi connectivity index (χ4n) is 2.22. The van der Waals surface area contributed by atoms with Crippen molar-refractivity contribution in [2.75, 3.05) is 6.61 Å². The zero-order valence-corrected chi connectivity index (χ0v) is 15.2. The first-order valence-corrected chi connectivity index (χ1v) is 8.38. The standard InChI is InChI=1S/C18H20BrFN2O2/c1-3-24-16-9-4-12(10-15(16)20)11-22-17(23)18(2,21)13-5-7-14(19)8-6-13/h4-10H,3,11,21H2,1-2H3,(H,22,23). The second kappa shape index (κ2) is 7.77. The van der Waals surface area contributed by atoms with E-state index in [1.165, 1.54) is 6.07 Å². The van der Waals surface area contributed by atoms with Gasteiger partial charge in [0.05, 0.1) is 6.61 Å². The van der Waals surface area contributed by atoms with Gasteiger partial charge in [-0.25, -0.2) is 4.39 Å². The molecule has 2 aromatic rings. The Bertz CT molecular complexity index is 717. The van der Waals surface area contributed by atoms with Gasteiger partial charge < -0.3 is 15.8 Å². The van der Waals surface area contributed by atoms with E-state index in [1.807, 2.05) is 12.1 Å². The highest BCUT2D eigenvalue weighted by Crippen LogP contribution is 2.21. The SMILES string of the molecule is CCOc1ccc(CNC(=O)C(C)(N)c2ccc(Br)cc2)cc1F. The Morgan fingerprint density at radius 3 is 2.54 bits per heavy atom. The Hall–Kier alpha value is -1.92. The smallest absolute Gasteiger partial charge is 0.244 e. The lowest BCUT2D eigenvalue weighted by Gasteiger charge is -2.24. The molecule has 0 aliphatic heterocycles. The van der Waals surface area contributed by atoms with Gasteiger partial charge in [0.15, 0.2) is 11.6 Å². The second-order valence-electron chi connectivity index (χ2n) is 5.59. The van der Waals surface area contributed by atoms with Crippen molar-refractivity contribution in [1.29, 1.82) is 0 Å². The van der Waals surface area contributed by atoms with Crippen LogP contribution in [0, 0.1) is 5.82 Å². The van der Waals surface area contributed by atoms with Crippen LogP contribution in [0.3, 0.4) is 0 Å². The molecule has 0 aliphatic rings. The van der Waals surface area contributed by atoms with E-state index in [9.17, 15) is 9.18 Å². The molecule has 1 unspecified atom stereocenters. The van der Waals surface area contributed by atoms with Gasteiger partial charge in [-0.05, 0) is 49.2 Å². The first-order chi connectivity index (χ1) is 11.3. The van der Waals surface area contributed by atoms with Crippen molar-refractivity contribution in [2.45, 2.75) is 25.9 Å². The van der Waals surface area contributed by atoms with Crippen LogP contribution in [0.15, 0.2) is 46.9 Å². The summed E-state index contributed by atoms with van der Waals surface area (Å²) in [4.78, 5) is 12.4. The quantitative estimate of drug-likeness (QED) is 0.787. The van der Waals surface area contributed by atoms with Crippen LogP contribution in [0.2, 0.25) is 0 Å². The van der Waals surface area contributed by atoms with Crippen LogP contribution in [0.25, 0.3) is 0 Å². The van der Waals surface area contributed by atoms with Crippen molar-refractivity contribution in [3.8, 4) is 5.75 Å². The number of nitrogens with one attached hydrogen (secondary N) is 1. The van der Waals surface area contributed by atoms with Crippen molar-refractivity contribution < 1.29 is 13.9 Å². The summed E-state index contributed by atoms with van der Waals surface area (Å²) in [6, 6.07) is 11.9. The summed E-state index contributed by atoms with van der Waals surface area (Å²) < 4.78 is 19.9. The summed E-state index contributed by atoms with van der Waals surface area (Å²) in [5.41, 5.74) is 6.32. The molecule has 0 saturated heterocycles. The molecule has 0 bridgehead atoms. The van der Waals surface area contributed by atoms with Crippen molar-refractivity contribution >= 4 is 21.8 Å². The number of rotatable bonds is 6. The Morgan fingerprint density at radius 2 is 1.96 bits per heavy atom. The first-order valence-electron chi connectivity index (χ1n) is 7.59. The van der Waals surface area contributed by atoms with E-state index in [2.05, 4.69) is 21.2 Å². The van der Waals surface area contributed by atoms with Crippen molar-refractivity contribution in [3.63, 3.8) is 0 Å². The summed E-state index contributed by atoms with van der Waals surface area (Å²) in [7, 11) is 0. The van der Waals surface area contributed by atoms with E-state index >= 15 is 0 Å². The van der Waals surface area contributed by atoms with Gasteiger partial charge in [0.25, 0.3) is 0 Å². The first kappa shape index (κ1) is 18.4. The second-order valence-corrected chi connectivity index (χ2v) is 6.51. The molecule has 0 aliphatic carbocycles. The third kappa shape index (κ3) is 4.33. The summed E-state index contributed by atoms with van der Waals surface area (Å²) in [5.74, 6) is -0.586.